The third-order valence-corrected chi connectivity index (χ3v) is 6.06. The Hall–Kier alpha value is -1.67. The Morgan fingerprint density at radius 3 is 3.00 bits per heavy atom. The number of amides is 2. The molecular weight excluding hydrogens is 332 g/mol. The third kappa shape index (κ3) is 3.32. The van der Waals surface area contributed by atoms with Crippen LogP contribution >= 0.6 is 23.1 Å². The summed E-state index contributed by atoms with van der Waals surface area (Å²) in [6.45, 7) is 0.0723. The molecule has 0 radical (unpaired) electrons. The van der Waals surface area contributed by atoms with Gasteiger partial charge in [-0.25, -0.2) is 9.97 Å². The van der Waals surface area contributed by atoms with Crippen LogP contribution in [0.2, 0.25) is 0 Å². The van der Waals surface area contributed by atoms with Crippen molar-refractivity contribution in [1.29, 1.82) is 0 Å². The van der Waals surface area contributed by atoms with Gasteiger partial charge in [-0.1, -0.05) is 11.8 Å². The van der Waals surface area contributed by atoms with Crippen molar-refractivity contribution in [3.63, 3.8) is 0 Å². The molecule has 122 valence electrons. The molecule has 0 unspecified atom stereocenters. The second kappa shape index (κ2) is 6.84. The van der Waals surface area contributed by atoms with Crippen molar-refractivity contribution in [3.05, 3.63) is 16.8 Å². The lowest BCUT2D eigenvalue weighted by Crippen LogP contribution is -2.37. The van der Waals surface area contributed by atoms with Gasteiger partial charge in [0.05, 0.1) is 12.3 Å². The number of thioether (sulfide) groups is 1. The SMILES string of the molecule is CNC(=O)CN(C)C(=O)CSc1ncnc2sc3c(c12)CCC3. The Kier molecular flexibility index (Phi) is 4.82. The van der Waals surface area contributed by atoms with E-state index < -0.39 is 0 Å². The molecule has 8 heteroatoms. The van der Waals surface area contributed by atoms with Gasteiger partial charge in [-0.3, -0.25) is 9.59 Å². The summed E-state index contributed by atoms with van der Waals surface area (Å²) in [6.07, 6.45) is 4.94. The molecule has 2 amide bonds. The van der Waals surface area contributed by atoms with Crippen LogP contribution in [0, 0.1) is 0 Å². The van der Waals surface area contributed by atoms with Crippen LogP contribution in [0.3, 0.4) is 0 Å². The summed E-state index contributed by atoms with van der Waals surface area (Å²) < 4.78 is 0. The third-order valence-electron chi connectivity index (χ3n) is 3.88. The minimum absolute atomic E-state index is 0.0723. The van der Waals surface area contributed by atoms with Crippen molar-refractivity contribution in [2.24, 2.45) is 0 Å². The number of carbonyl (C=O) groups is 2. The van der Waals surface area contributed by atoms with E-state index in [1.54, 1.807) is 31.8 Å². The fourth-order valence-corrected chi connectivity index (χ4v) is 4.89. The topological polar surface area (TPSA) is 75.2 Å². The van der Waals surface area contributed by atoms with Gasteiger partial charge in [0.2, 0.25) is 11.8 Å². The predicted octanol–water partition coefficient (Wildman–Crippen LogP) is 1.48. The summed E-state index contributed by atoms with van der Waals surface area (Å²) in [4.78, 5) is 36.1. The molecule has 2 aromatic heterocycles. The minimum atomic E-state index is -0.175. The summed E-state index contributed by atoms with van der Waals surface area (Å²) in [5.41, 5.74) is 1.36. The average Bonchev–Trinajstić information content (AvgIpc) is 3.12. The number of nitrogens with one attached hydrogen (secondary N) is 1. The molecule has 0 aliphatic heterocycles. The van der Waals surface area contributed by atoms with Gasteiger partial charge < -0.3 is 10.2 Å². The molecule has 3 rings (SSSR count). The fourth-order valence-electron chi connectivity index (χ4n) is 2.63. The molecule has 1 aliphatic rings. The lowest BCUT2D eigenvalue weighted by atomic mass is 10.2. The number of rotatable bonds is 5. The van der Waals surface area contributed by atoms with Gasteiger partial charge in [-0.2, -0.15) is 0 Å². The number of carbonyl (C=O) groups excluding carboxylic acids is 2. The molecule has 0 saturated carbocycles. The molecule has 0 bridgehead atoms. The van der Waals surface area contributed by atoms with E-state index in [0.29, 0.717) is 0 Å². The first-order chi connectivity index (χ1) is 11.1. The molecule has 1 aliphatic carbocycles. The summed E-state index contributed by atoms with van der Waals surface area (Å²) in [6, 6.07) is 0. The Balaban J connectivity index is 1.72. The van der Waals surface area contributed by atoms with E-state index in [0.717, 1.165) is 28.1 Å². The van der Waals surface area contributed by atoms with E-state index in [1.165, 1.54) is 33.5 Å². The first-order valence-electron chi connectivity index (χ1n) is 7.42. The van der Waals surface area contributed by atoms with E-state index in [1.807, 2.05) is 0 Å². The lowest BCUT2D eigenvalue weighted by Gasteiger charge is -2.15. The molecule has 23 heavy (non-hydrogen) atoms. The van der Waals surface area contributed by atoms with E-state index in [2.05, 4.69) is 15.3 Å². The van der Waals surface area contributed by atoms with Gasteiger partial charge in [0.1, 0.15) is 16.2 Å². The molecule has 2 aromatic rings. The first kappa shape index (κ1) is 16.2. The molecule has 0 spiro atoms. The summed E-state index contributed by atoms with van der Waals surface area (Å²) in [5.74, 6) is 0.00713. The number of fused-ring (bicyclic) bond motifs is 3. The molecule has 1 N–H and O–H groups in total. The van der Waals surface area contributed by atoms with Crippen molar-refractivity contribution in [2.45, 2.75) is 24.3 Å². The monoisotopic (exact) mass is 350 g/mol. The summed E-state index contributed by atoms with van der Waals surface area (Å²) in [5, 5.41) is 4.51. The highest BCUT2D eigenvalue weighted by Crippen LogP contribution is 2.39. The number of aryl methyl sites for hydroxylation is 2. The van der Waals surface area contributed by atoms with Gasteiger partial charge in [0.25, 0.3) is 0 Å². The maximum Gasteiger partial charge on any atom is 0.239 e. The molecular formula is C15H18N4O2S2. The van der Waals surface area contributed by atoms with Gasteiger partial charge in [-0.15, -0.1) is 11.3 Å². The number of hydrogen-bond donors (Lipinski definition) is 1. The van der Waals surface area contributed by atoms with E-state index in [9.17, 15) is 9.59 Å². The highest BCUT2D eigenvalue weighted by molar-refractivity contribution is 8.00. The summed E-state index contributed by atoms with van der Waals surface area (Å²) >= 11 is 3.16. The van der Waals surface area contributed by atoms with Crippen LogP contribution in [0.5, 0.6) is 0 Å². The Morgan fingerprint density at radius 2 is 2.22 bits per heavy atom. The fraction of sp³-hybridized carbons (Fsp3) is 0.467. The van der Waals surface area contributed by atoms with Crippen molar-refractivity contribution >= 4 is 45.1 Å². The predicted molar refractivity (Wildman–Crippen MR) is 91.9 cm³/mol. The first-order valence-corrected chi connectivity index (χ1v) is 9.23. The number of likely N-dealkylation sites (N-methyl/N-ethyl adjacent to an activating group) is 2. The molecule has 0 atom stereocenters. The van der Waals surface area contributed by atoms with E-state index >= 15 is 0 Å². The van der Waals surface area contributed by atoms with Crippen molar-refractivity contribution in [3.8, 4) is 0 Å². The number of hydrogen-bond acceptors (Lipinski definition) is 6. The maximum absolute atomic E-state index is 12.2. The second-order valence-corrected chi connectivity index (χ2v) is 7.48. The second-order valence-electron chi connectivity index (χ2n) is 5.43. The largest absolute Gasteiger partial charge is 0.358 e. The van der Waals surface area contributed by atoms with Crippen LogP contribution in [-0.2, 0) is 22.4 Å². The van der Waals surface area contributed by atoms with Gasteiger partial charge in [-0.05, 0) is 24.8 Å². The Labute approximate surface area is 142 Å². The van der Waals surface area contributed by atoms with Crippen LogP contribution in [0.15, 0.2) is 11.4 Å². The minimum Gasteiger partial charge on any atom is -0.358 e. The van der Waals surface area contributed by atoms with Gasteiger partial charge in [0.15, 0.2) is 0 Å². The number of thiophene rings is 1. The van der Waals surface area contributed by atoms with Gasteiger partial charge in [0, 0.05) is 24.4 Å². The molecule has 0 saturated heterocycles. The normalized spacial score (nSPS) is 13.1. The maximum atomic E-state index is 12.2. The number of nitrogens with zero attached hydrogens (tertiary/aromatic N) is 3. The van der Waals surface area contributed by atoms with Gasteiger partial charge >= 0.3 is 0 Å². The quantitative estimate of drug-likeness (QED) is 0.653. The van der Waals surface area contributed by atoms with E-state index in [-0.39, 0.29) is 24.1 Å². The molecule has 0 aromatic carbocycles. The highest BCUT2D eigenvalue weighted by Gasteiger charge is 2.22. The van der Waals surface area contributed by atoms with Crippen LogP contribution in [0.4, 0.5) is 0 Å². The zero-order valence-electron chi connectivity index (χ0n) is 13.1. The van der Waals surface area contributed by atoms with Crippen molar-refractivity contribution in [1.82, 2.24) is 20.2 Å². The highest BCUT2D eigenvalue weighted by atomic mass is 32.2. The Bertz CT molecular complexity index is 759. The zero-order valence-corrected chi connectivity index (χ0v) is 14.7. The van der Waals surface area contributed by atoms with Crippen LogP contribution in [0.25, 0.3) is 10.2 Å². The van der Waals surface area contributed by atoms with Crippen LogP contribution in [0.1, 0.15) is 16.9 Å². The van der Waals surface area contributed by atoms with E-state index in [4.69, 9.17) is 0 Å². The van der Waals surface area contributed by atoms with Crippen LogP contribution < -0.4 is 5.32 Å². The average molecular weight is 350 g/mol. The lowest BCUT2D eigenvalue weighted by molar-refractivity contribution is -0.132. The van der Waals surface area contributed by atoms with Crippen molar-refractivity contribution < 1.29 is 9.59 Å². The van der Waals surface area contributed by atoms with Crippen LogP contribution in [-0.4, -0.2) is 53.1 Å². The Morgan fingerprint density at radius 1 is 1.39 bits per heavy atom. The molecule has 2 heterocycles. The molecule has 6 nitrogen and oxygen atoms in total. The number of aromatic nitrogens is 2. The molecule has 0 fully saturated rings. The zero-order chi connectivity index (χ0) is 16.4. The van der Waals surface area contributed by atoms with Crippen molar-refractivity contribution in [2.75, 3.05) is 26.4 Å². The summed E-state index contributed by atoms with van der Waals surface area (Å²) in [7, 11) is 3.19. The smallest absolute Gasteiger partial charge is 0.239 e. The standard InChI is InChI=1S/C15H18N4O2S2/c1-16-11(20)6-19(2)12(21)7-22-14-13-9-4-3-5-10(9)23-15(13)18-8-17-14/h8H,3-7H2,1-2H3,(H,16,20).